The van der Waals surface area contributed by atoms with E-state index >= 15 is 0 Å². The number of likely N-dealkylation sites (tertiary alicyclic amines) is 1. The Kier molecular flexibility index (Phi) is 5.34. The molecule has 0 bridgehead atoms. The third kappa shape index (κ3) is 4.02. The van der Waals surface area contributed by atoms with Crippen molar-refractivity contribution < 1.29 is 14.3 Å². The molecule has 0 aliphatic carbocycles. The molecule has 2 heterocycles. The lowest BCUT2D eigenvalue weighted by Gasteiger charge is -2.39. The predicted molar refractivity (Wildman–Crippen MR) is 111 cm³/mol. The van der Waals surface area contributed by atoms with Crippen LogP contribution in [-0.2, 0) is 4.79 Å². The number of nitrogens with zero attached hydrogens (tertiary/aromatic N) is 2. The van der Waals surface area contributed by atoms with Gasteiger partial charge in [0.15, 0.2) is 6.10 Å². The average molecular weight is 415 g/mol. The summed E-state index contributed by atoms with van der Waals surface area (Å²) in [5.74, 6) is 0.609. The van der Waals surface area contributed by atoms with Gasteiger partial charge in [-0.1, -0.05) is 41.9 Å². The summed E-state index contributed by atoms with van der Waals surface area (Å²) in [4.78, 5) is 27.1. The van der Waals surface area contributed by atoms with E-state index in [4.69, 9.17) is 16.3 Å². The van der Waals surface area contributed by atoms with Crippen LogP contribution in [0.15, 0.2) is 54.6 Å². The number of hydrogen-bond donors (Lipinski definition) is 2. The molecule has 2 fully saturated rings. The van der Waals surface area contributed by atoms with Gasteiger partial charge in [0.25, 0.3) is 5.91 Å². The highest BCUT2D eigenvalue weighted by Crippen LogP contribution is 2.31. The van der Waals surface area contributed by atoms with Gasteiger partial charge >= 0.3 is 6.03 Å². The highest BCUT2D eigenvalue weighted by Gasteiger charge is 2.46. The molecule has 29 heavy (non-hydrogen) atoms. The van der Waals surface area contributed by atoms with Crippen LogP contribution in [0.1, 0.15) is 19.8 Å². The molecule has 0 radical (unpaired) electrons. The number of rotatable bonds is 4. The third-order valence-electron chi connectivity index (χ3n) is 5.30. The smallest absolute Gasteiger partial charge is 0.338 e. The molecule has 2 aromatic rings. The highest BCUT2D eigenvalue weighted by atomic mass is 35.5. The fourth-order valence-corrected chi connectivity index (χ4v) is 3.93. The van der Waals surface area contributed by atoms with Crippen LogP contribution in [0.25, 0.3) is 0 Å². The number of benzene rings is 2. The summed E-state index contributed by atoms with van der Waals surface area (Å²) in [6.07, 6.45) is 0.602. The first-order valence-corrected chi connectivity index (χ1v) is 10.0. The minimum Gasteiger partial charge on any atom is -0.481 e. The Balaban J connectivity index is 1.37. The maximum absolute atomic E-state index is 12.8. The number of amides is 3. The van der Waals surface area contributed by atoms with Gasteiger partial charge in [0.05, 0.1) is 10.7 Å². The number of halogens is 1. The van der Waals surface area contributed by atoms with Crippen LogP contribution in [0, 0.1) is 0 Å². The van der Waals surface area contributed by atoms with Crippen molar-refractivity contribution in [2.24, 2.45) is 0 Å². The molecule has 8 heteroatoms. The van der Waals surface area contributed by atoms with Crippen molar-refractivity contribution in [3.05, 3.63) is 59.6 Å². The van der Waals surface area contributed by atoms with Crippen molar-refractivity contribution in [2.45, 2.75) is 31.5 Å². The lowest BCUT2D eigenvalue weighted by Crippen LogP contribution is -2.59. The van der Waals surface area contributed by atoms with Crippen molar-refractivity contribution in [1.82, 2.24) is 15.6 Å². The zero-order valence-corrected chi connectivity index (χ0v) is 16.9. The van der Waals surface area contributed by atoms with Gasteiger partial charge in [0, 0.05) is 25.9 Å². The molecule has 3 amide bonds. The molecule has 2 aromatic carbocycles. The molecular formula is C21H23ClN4O3. The van der Waals surface area contributed by atoms with Crippen LogP contribution in [-0.4, -0.2) is 41.7 Å². The topological polar surface area (TPSA) is 73.9 Å². The zero-order valence-electron chi connectivity index (χ0n) is 16.1. The predicted octanol–water partition coefficient (Wildman–Crippen LogP) is 3.16. The second kappa shape index (κ2) is 7.93. The van der Waals surface area contributed by atoms with Gasteiger partial charge in [0.2, 0.25) is 0 Å². The molecular weight excluding hydrogens is 392 g/mol. The van der Waals surface area contributed by atoms with E-state index in [2.05, 4.69) is 10.7 Å². The summed E-state index contributed by atoms with van der Waals surface area (Å²) >= 11 is 6.23. The Morgan fingerprint density at radius 3 is 2.45 bits per heavy atom. The first-order valence-electron chi connectivity index (χ1n) is 9.63. The number of nitrogens with one attached hydrogen (secondary N) is 2. The monoisotopic (exact) mass is 414 g/mol. The average Bonchev–Trinajstić information content (AvgIpc) is 3.04. The van der Waals surface area contributed by atoms with E-state index in [0.29, 0.717) is 42.4 Å². The molecule has 1 atom stereocenters. The summed E-state index contributed by atoms with van der Waals surface area (Å²) in [7, 11) is 0. The molecule has 2 saturated heterocycles. The van der Waals surface area contributed by atoms with E-state index in [9.17, 15) is 9.59 Å². The number of ether oxygens (including phenoxy) is 1. The summed E-state index contributed by atoms with van der Waals surface area (Å²) in [6, 6.07) is 16.2. The molecule has 7 nitrogen and oxygen atoms in total. The van der Waals surface area contributed by atoms with Crippen molar-refractivity contribution in [3.8, 4) is 5.75 Å². The van der Waals surface area contributed by atoms with Crippen LogP contribution < -0.4 is 20.5 Å². The molecule has 0 saturated carbocycles. The van der Waals surface area contributed by atoms with Crippen LogP contribution in [0.5, 0.6) is 5.75 Å². The fraction of sp³-hybridized carbons (Fsp3) is 0.333. The molecule has 152 valence electrons. The number of carbonyl (C=O) groups is 2. The number of hydrogen-bond acceptors (Lipinski definition) is 4. The number of urea groups is 1. The Hall–Kier alpha value is -2.77. The summed E-state index contributed by atoms with van der Waals surface area (Å²) in [5, 5.41) is 4.96. The number of piperidine rings is 1. The van der Waals surface area contributed by atoms with Crippen molar-refractivity contribution >= 4 is 29.2 Å². The normalized spacial score (nSPS) is 19.2. The van der Waals surface area contributed by atoms with Crippen molar-refractivity contribution in [3.63, 3.8) is 0 Å². The van der Waals surface area contributed by atoms with Crippen LogP contribution in [0.2, 0.25) is 5.02 Å². The quantitative estimate of drug-likeness (QED) is 0.806. The summed E-state index contributed by atoms with van der Waals surface area (Å²) in [6.45, 7) is 2.80. The molecule has 0 unspecified atom stereocenters. The number of carbonyl (C=O) groups excluding carboxylic acids is 2. The van der Waals surface area contributed by atoms with E-state index in [1.54, 1.807) is 24.0 Å². The van der Waals surface area contributed by atoms with Crippen molar-refractivity contribution in [2.75, 3.05) is 18.1 Å². The van der Waals surface area contributed by atoms with Gasteiger partial charge in [-0.25, -0.2) is 15.2 Å². The number of anilines is 1. The Morgan fingerprint density at radius 2 is 1.76 bits per heavy atom. The molecule has 2 aliphatic heterocycles. The van der Waals surface area contributed by atoms with Gasteiger partial charge in [-0.2, -0.15) is 0 Å². The SMILES string of the molecule is C[C@H](Oc1ccccc1)C(=O)N1CCC2(CC1)NC(=O)N(c1ccccc1Cl)N2. The second-order valence-corrected chi connectivity index (χ2v) is 7.72. The minimum absolute atomic E-state index is 0.0593. The van der Waals surface area contributed by atoms with Gasteiger partial charge in [0.1, 0.15) is 11.4 Å². The lowest BCUT2D eigenvalue weighted by molar-refractivity contribution is -0.139. The Labute approximate surface area is 174 Å². The van der Waals surface area contributed by atoms with Crippen molar-refractivity contribution in [1.29, 1.82) is 0 Å². The van der Waals surface area contributed by atoms with Gasteiger partial charge in [-0.15, -0.1) is 0 Å². The van der Waals surface area contributed by atoms with E-state index in [1.807, 2.05) is 42.5 Å². The van der Waals surface area contributed by atoms with E-state index in [-0.39, 0.29) is 11.9 Å². The number of para-hydroxylation sites is 2. The molecule has 4 rings (SSSR count). The van der Waals surface area contributed by atoms with Gasteiger partial charge in [-0.05, 0) is 31.2 Å². The maximum atomic E-state index is 12.8. The molecule has 2 N–H and O–H groups in total. The van der Waals surface area contributed by atoms with Crippen LogP contribution >= 0.6 is 11.6 Å². The molecule has 2 aliphatic rings. The second-order valence-electron chi connectivity index (χ2n) is 7.31. The lowest BCUT2D eigenvalue weighted by atomic mass is 9.97. The molecule has 0 aromatic heterocycles. The van der Waals surface area contributed by atoms with E-state index < -0.39 is 11.8 Å². The standard InChI is InChI=1S/C21H23ClN4O3/c1-15(29-16-7-3-2-4-8-16)19(27)25-13-11-21(12-14-25)23-20(28)26(24-21)18-10-6-5-9-17(18)22/h2-10,15,24H,11-14H2,1H3,(H,23,28)/t15-/m0/s1. The molecule has 1 spiro atoms. The van der Waals surface area contributed by atoms with E-state index in [1.165, 1.54) is 5.01 Å². The van der Waals surface area contributed by atoms with E-state index in [0.717, 1.165) is 0 Å². The first kappa shape index (κ1) is 19.5. The number of hydrazine groups is 1. The Morgan fingerprint density at radius 1 is 1.10 bits per heavy atom. The fourth-order valence-electron chi connectivity index (χ4n) is 3.71. The van der Waals surface area contributed by atoms with Crippen LogP contribution in [0.4, 0.5) is 10.5 Å². The zero-order chi connectivity index (χ0) is 20.4. The minimum atomic E-state index is -0.587. The van der Waals surface area contributed by atoms with Gasteiger partial charge < -0.3 is 15.0 Å². The summed E-state index contributed by atoms with van der Waals surface area (Å²) < 4.78 is 5.75. The third-order valence-corrected chi connectivity index (χ3v) is 5.62. The Bertz CT molecular complexity index is 900. The first-order chi connectivity index (χ1) is 14.0. The summed E-state index contributed by atoms with van der Waals surface area (Å²) in [5.41, 5.74) is 3.28. The maximum Gasteiger partial charge on any atom is 0.338 e. The van der Waals surface area contributed by atoms with Crippen LogP contribution in [0.3, 0.4) is 0 Å². The largest absolute Gasteiger partial charge is 0.481 e. The highest BCUT2D eigenvalue weighted by molar-refractivity contribution is 6.33. The van der Waals surface area contributed by atoms with Gasteiger partial charge in [-0.3, -0.25) is 4.79 Å².